The number of ether oxygens (including phenoxy) is 1. The summed E-state index contributed by atoms with van der Waals surface area (Å²) >= 11 is 5.87. The van der Waals surface area contributed by atoms with Crippen LogP contribution in [0.4, 0.5) is 11.6 Å². The summed E-state index contributed by atoms with van der Waals surface area (Å²) < 4.78 is 5.26. The van der Waals surface area contributed by atoms with Gasteiger partial charge < -0.3 is 10.1 Å². The Labute approximate surface area is 123 Å². The van der Waals surface area contributed by atoms with Gasteiger partial charge in [0, 0.05) is 5.69 Å². The van der Waals surface area contributed by atoms with Gasteiger partial charge in [0.15, 0.2) is 0 Å². The third-order valence-electron chi connectivity index (χ3n) is 2.64. The summed E-state index contributed by atoms with van der Waals surface area (Å²) in [6, 6.07) is 8.28. The van der Waals surface area contributed by atoms with Crippen molar-refractivity contribution in [1.82, 2.24) is 15.0 Å². The SMILES string of the molecule is CCCc1ccccc1Nc1nc(Cl)nc(OCC)n1. The minimum atomic E-state index is 0.110. The fraction of sp³-hybridized carbons (Fsp3) is 0.357. The van der Waals surface area contributed by atoms with Crippen molar-refractivity contribution in [3.8, 4) is 6.01 Å². The van der Waals surface area contributed by atoms with E-state index in [9.17, 15) is 0 Å². The molecule has 6 heteroatoms. The summed E-state index contributed by atoms with van der Waals surface area (Å²) in [5.74, 6) is 0.386. The van der Waals surface area contributed by atoms with Crippen molar-refractivity contribution >= 4 is 23.2 Å². The molecule has 1 aromatic carbocycles. The van der Waals surface area contributed by atoms with Crippen LogP contribution >= 0.6 is 11.6 Å². The first kappa shape index (κ1) is 14.5. The molecule has 0 unspecified atom stereocenters. The molecule has 106 valence electrons. The number of halogens is 1. The molecule has 0 aliphatic rings. The number of aromatic nitrogens is 3. The number of anilines is 2. The van der Waals surface area contributed by atoms with E-state index in [1.54, 1.807) is 0 Å². The van der Waals surface area contributed by atoms with Crippen LogP contribution in [0.3, 0.4) is 0 Å². The topological polar surface area (TPSA) is 59.9 Å². The van der Waals surface area contributed by atoms with Crippen molar-refractivity contribution in [3.05, 3.63) is 35.1 Å². The van der Waals surface area contributed by atoms with E-state index in [2.05, 4.69) is 33.3 Å². The molecule has 2 aromatic rings. The molecule has 0 bridgehead atoms. The Bertz CT molecular complexity index is 577. The normalized spacial score (nSPS) is 10.3. The lowest BCUT2D eigenvalue weighted by molar-refractivity contribution is 0.312. The molecular formula is C14H17ClN4O. The molecule has 0 fully saturated rings. The Balaban J connectivity index is 2.25. The van der Waals surface area contributed by atoms with Crippen LogP contribution in [0.2, 0.25) is 5.28 Å². The van der Waals surface area contributed by atoms with Crippen molar-refractivity contribution < 1.29 is 4.74 Å². The van der Waals surface area contributed by atoms with Gasteiger partial charge in [0.25, 0.3) is 0 Å². The minimum absolute atomic E-state index is 0.110. The molecule has 0 aliphatic heterocycles. The maximum atomic E-state index is 5.87. The van der Waals surface area contributed by atoms with Gasteiger partial charge in [0.1, 0.15) is 0 Å². The quantitative estimate of drug-likeness (QED) is 0.881. The number of nitrogens with one attached hydrogen (secondary N) is 1. The minimum Gasteiger partial charge on any atom is -0.464 e. The van der Waals surface area contributed by atoms with Gasteiger partial charge in [-0.15, -0.1) is 0 Å². The summed E-state index contributed by atoms with van der Waals surface area (Å²) in [5.41, 5.74) is 2.18. The van der Waals surface area contributed by atoms with Crippen molar-refractivity contribution in [3.63, 3.8) is 0 Å². The summed E-state index contributed by atoms with van der Waals surface area (Å²) in [6.45, 7) is 4.48. The number of para-hydroxylation sites is 1. The lowest BCUT2D eigenvalue weighted by Gasteiger charge is -2.10. The maximum absolute atomic E-state index is 5.87. The van der Waals surface area contributed by atoms with Gasteiger partial charge in [-0.3, -0.25) is 0 Å². The summed E-state index contributed by atoms with van der Waals surface area (Å²) in [6.07, 6.45) is 2.06. The van der Waals surface area contributed by atoms with E-state index < -0.39 is 0 Å². The number of benzene rings is 1. The number of aryl methyl sites for hydroxylation is 1. The predicted molar refractivity (Wildman–Crippen MR) is 79.7 cm³/mol. The van der Waals surface area contributed by atoms with Crippen molar-refractivity contribution in [1.29, 1.82) is 0 Å². The number of hydrogen-bond donors (Lipinski definition) is 1. The summed E-state index contributed by atoms with van der Waals surface area (Å²) in [4.78, 5) is 12.1. The fourth-order valence-corrected chi connectivity index (χ4v) is 1.98. The molecule has 0 amide bonds. The van der Waals surface area contributed by atoms with Gasteiger partial charge in [0.2, 0.25) is 11.2 Å². The highest BCUT2D eigenvalue weighted by Crippen LogP contribution is 2.21. The molecule has 20 heavy (non-hydrogen) atoms. The van der Waals surface area contributed by atoms with Gasteiger partial charge in [-0.05, 0) is 36.6 Å². The fourth-order valence-electron chi connectivity index (χ4n) is 1.83. The molecule has 0 spiro atoms. The number of nitrogens with zero attached hydrogens (tertiary/aromatic N) is 3. The Morgan fingerprint density at radius 1 is 1.15 bits per heavy atom. The zero-order valence-electron chi connectivity index (χ0n) is 11.6. The highest BCUT2D eigenvalue weighted by molar-refractivity contribution is 6.28. The van der Waals surface area contributed by atoms with Crippen molar-refractivity contribution in [2.24, 2.45) is 0 Å². The Hall–Kier alpha value is -1.88. The largest absolute Gasteiger partial charge is 0.464 e. The second kappa shape index (κ2) is 7.05. The van der Waals surface area contributed by atoms with Gasteiger partial charge in [-0.2, -0.15) is 15.0 Å². The van der Waals surface area contributed by atoms with Gasteiger partial charge in [-0.1, -0.05) is 31.5 Å². The van der Waals surface area contributed by atoms with Crippen LogP contribution in [0, 0.1) is 0 Å². The van der Waals surface area contributed by atoms with Crippen LogP contribution in [0.15, 0.2) is 24.3 Å². The molecule has 0 atom stereocenters. The molecule has 5 nitrogen and oxygen atoms in total. The van der Waals surface area contributed by atoms with E-state index in [1.165, 1.54) is 5.56 Å². The van der Waals surface area contributed by atoms with Crippen LogP contribution in [-0.2, 0) is 6.42 Å². The Kier molecular flexibility index (Phi) is 5.12. The smallest absolute Gasteiger partial charge is 0.322 e. The molecule has 0 saturated carbocycles. The molecular weight excluding hydrogens is 276 g/mol. The summed E-state index contributed by atoms with van der Waals surface area (Å²) in [5, 5.41) is 3.28. The first-order valence-electron chi connectivity index (χ1n) is 6.62. The molecule has 0 saturated heterocycles. The lowest BCUT2D eigenvalue weighted by Crippen LogP contribution is -2.05. The van der Waals surface area contributed by atoms with Crippen LogP contribution < -0.4 is 10.1 Å². The van der Waals surface area contributed by atoms with E-state index >= 15 is 0 Å². The Morgan fingerprint density at radius 2 is 1.95 bits per heavy atom. The first-order chi connectivity index (χ1) is 9.72. The highest BCUT2D eigenvalue weighted by Gasteiger charge is 2.08. The van der Waals surface area contributed by atoms with Gasteiger partial charge in [0.05, 0.1) is 6.61 Å². The van der Waals surface area contributed by atoms with Crippen molar-refractivity contribution in [2.75, 3.05) is 11.9 Å². The van der Waals surface area contributed by atoms with Crippen LogP contribution in [0.5, 0.6) is 6.01 Å². The van der Waals surface area contributed by atoms with Crippen LogP contribution in [-0.4, -0.2) is 21.6 Å². The maximum Gasteiger partial charge on any atom is 0.322 e. The average Bonchev–Trinajstić information content (AvgIpc) is 2.41. The predicted octanol–water partition coefficient (Wildman–Crippen LogP) is 3.62. The first-order valence-corrected chi connectivity index (χ1v) is 7.00. The van der Waals surface area contributed by atoms with E-state index in [1.807, 2.05) is 25.1 Å². The van der Waals surface area contributed by atoms with E-state index in [0.29, 0.717) is 12.6 Å². The molecule has 1 N–H and O–H groups in total. The third-order valence-corrected chi connectivity index (χ3v) is 2.81. The number of hydrogen-bond acceptors (Lipinski definition) is 5. The van der Waals surface area contributed by atoms with Crippen molar-refractivity contribution in [2.45, 2.75) is 26.7 Å². The van der Waals surface area contributed by atoms with E-state index in [0.717, 1.165) is 18.5 Å². The highest BCUT2D eigenvalue weighted by atomic mass is 35.5. The standard InChI is InChI=1S/C14H17ClN4O/c1-3-7-10-8-5-6-9-11(10)16-13-17-12(15)18-14(19-13)20-4-2/h5-6,8-9H,3-4,7H2,1-2H3,(H,16,17,18,19). The lowest BCUT2D eigenvalue weighted by atomic mass is 10.1. The van der Waals surface area contributed by atoms with Crippen LogP contribution in [0.25, 0.3) is 0 Å². The second-order valence-corrected chi connectivity index (χ2v) is 4.51. The number of rotatable bonds is 6. The molecule has 1 heterocycles. The molecule has 0 aliphatic carbocycles. The Morgan fingerprint density at radius 3 is 2.70 bits per heavy atom. The van der Waals surface area contributed by atoms with Gasteiger partial charge >= 0.3 is 6.01 Å². The molecule has 2 rings (SSSR count). The average molecular weight is 293 g/mol. The van der Waals surface area contributed by atoms with Crippen LogP contribution in [0.1, 0.15) is 25.8 Å². The summed E-state index contributed by atoms with van der Waals surface area (Å²) in [7, 11) is 0. The monoisotopic (exact) mass is 292 g/mol. The third kappa shape index (κ3) is 3.81. The zero-order chi connectivity index (χ0) is 14.4. The molecule has 0 radical (unpaired) electrons. The zero-order valence-corrected chi connectivity index (χ0v) is 12.3. The van der Waals surface area contributed by atoms with E-state index in [-0.39, 0.29) is 11.3 Å². The van der Waals surface area contributed by atoms with Gasteiger partial charge in [-0.25, -0.2) is 0 Å². The second-order valence-electron chi connectivity index (χ2n) is 4.18. The molecule has 1 aromatic heterocycles. The van der Waals surface area contributed by atoms with E-state index in [4.69, 9.17) is 16.3 Å².